The van der Waals surface area contributed by atoms with Crippen molar-refractivity contribution >= 4 is 15.9 Å². The first-order valence-corrected chi connectivity index (χ1v) is 8.39. The highest BCUT2D eigenvalue weighted by molar-refractivity contribution is 7.90. The largest absolute Gasteiger partial charge is 0.430 e. The van der Waals surface area contributed by atoms with Crippen LogP contribution in [0.25, 0.3) is 0 Å². The summed E-state index contributed by atoms with van der Waals surface area (Å²) < 4.78 is 104. The van der Waals surface area contributed by atoms with Crippen molar-refractivity contribution in [1.82, 2.24) is 4.31 Å². The van der Waals surface area contributed by atoms with Gasteiger partial charge in [0.05, 0.1) is 0 Å². The van der Waals surface area contributed by atoms with Gasteiger partial charge < -0.3 is 5.11 Å². The number of benzene rings is 1. The van der Waals surface area contributed by atoms with Crippen molar-refractivity contribution in [3.63, 3.8) is 0 Å². The summed E-state index contributed by atoms with van der Waals surface area (Å²) in [6.45, 7) is 3.34. The fourth-order valence-electron chi connectivity index (χ4n) is 2.04. The van der Waals surface area contributed by atoms with Crippen LogP contribution in [0.3, 0.4) is 0 Å². The van der Waals surface area contributed by atoms with Gasteiger partial charge in [-0.25, -0.2) is 0 Å². The van der Waals surface area contributed by atoms with E-state index in [1.807, 2.05) is 4.72 Å². The van der Waals surface area contributed by atoms with Crippen LogP contribution < -0.4 is 4.72 Å². The second kappa shape index (κ2) is 7.00. The van der Waals surface area contributed by atoms with E-state index >= 15 is 0 Å². The van der Waals surface area contributed by atoms with E-state index in [2.05, 4.69) is 0 Å². The van der Waals surface area contributed by atoms with Gasteiger partial charge in [0.25, 0.3) is 5.60 Å². The number of anilines is 1. The average molecular weight is 394 g/mol. The zero-order chi connectivity index (χ0) is 19.7. The Morgan fingerprint density at radius 1 is 0.960 bits per heavy atom. The Labute approximate surface area is 140 Å². The molecule has 0 aliphatic carbocycles. The lowest BCUT2D eigenvalue weighted by molar-refractivity contribution is -0.376. The van der Waals surface area contributed by atoms with E-state index in [1.165, 1.54) is 0 Å². The summed E-state index contributed by atoms with van der Waals surface area (Å²) in [5, 5.41) is 9.25. The predicted molar refractivity (Wildman–Crippen MR) is 77.9 cm³/mol. The van der Waals surface area contributed by atoms with E-state index in [9.17, 15) is 39.9 Å². The number of nitrogens with one attached hydrogen (secondary N) is 1. The quantitative estimate of drug-likeness (QED) is 0.729. The molecular weight excluding hydrogens is 378 g/mol. The molecule has 144 valence electrons. The molecule has 0 saturated carbocycles. The molecule has 0 aromatic heterocycles. The minimum atomic E-state index is -6.01. The Kier molecular flexibility index (Phi) is 6.02. The highest BCUT2D eigenvalue weighted by atomic mass is 32.2. The maximum absolute atomic E-state index is 12.8. The molecule has 0 spiro atoms. The van der Waals surface area contributed by atoms with Crippen LogP contribution in [0.15, 0.2) is 24.3 Å². The van der Waals surface area contributed by atoms with Gasteiger partial charge in [-0.1, -0.05) is 26.0 Å². The number of hydrogen-bond donors (Lipinski definition) is 2. The summed E-state index contributed by atoms with van der Waals surface area (Å²) >= 11 is 0. The number of nitrogens with zero attached hydrogens (tertiary/aromatic N) is 1. The molecule has 0 aliphatic heterocycles. The van der Waals surface area contributed by atoms with Gasteiger partial charge in [0, 0.05) is 24.3 Å². The molecule has 25 heavy (non-hydrogen) atoms. The van der Waals surface area contributed by atoms with Gasteiger partial charge in [0.1, 0.15) is 0 Å². The molecule has 0 saturated heterocycles. The van der Waals surface area contributed by atoms with Crippen LogP contribution in [0, 0.1) is 0 Å². The van der Waals surface area contributed by atoms with Crippen LogP contribution in [0.5, 0.6) is 0 Å². The molecule has 1 rings (SSSR count). The van der Waals surface area contributed by atoms with Crippen molar-refractivity contribution in [2.24, 2.45) is 0 Å². The zero-order valence-corrected chi connectivity index (χ0v) is 13.9. The van der Waals surface area contributed by atoms with Gasteiger partial charge in [0.15, 0.2) is 0 Å². The maximum Gasteiger partial charge on any atom is 0.430 e. The van der Waals surface area contributed by atoms with Crippen LogP contribution in [0.2, 0.25) is 0 Å². The van der Waals surface area contributed by atoms with Crippen LogP contribution in [0.1, 0.15) is 19.4 Å². The predicted octanol–water partition coefficient (Wildman–Crippen LogP) is 3.00. The first-order valence-electron chi connectivity index (χ1n) is 6.95. The number of halogens is 6. The molecule has 0 fully saturated rings. The van der Waals surface area contributed by atoms with Gasteiger partial charge in [-0.05, 0) is 12.1 Å². The normalized spacial score (nSPS) is 14.0. The molecule has 1 aromatic rings. The summed E-state index contributed by atoms with van der Waals surface area (Å²) in [5.41, 5.74) is -6.78. The Morgan fingerprint density at radius 3 is 1.68 bits per heavy atom. The molecule has 2 N–H and O–H groups in total. The van der Waals surface area contributed by atoms with E-state index in [-0.39, 0.29) is 18.8 Å². The van der Waals surface area contributed by atoms with Crippen molar-refractivity contribution in [3.05, 3.63) is 29.8 Å². The second-order valence-electron chi connectivity index (χ2n) is 4.97. The minimum absolute atomic E-state index is 0.117. The van der Waals surface area contributed by atoms with Crippen molar-refractivity contribution < 1.29 is 39.9 Å². The number of rotatable bonds is 6. The first kappa shape index (κ1) is 21.5. The number of hydrogen-bond acceptors (Lipinski definition) is 3. The third kappa shape index (κ3) is 4.18. The van der Waals surface area contributed by atoms with E-state index in [1.54, 1.807) is 13.8 Å². The monoisotopic (exact) mass is 394 g/mol. The third-order valence-corrected chi connectivity index (χ3v) is 5.11. The lowest BCUT2D eigenvalue weighted by Crippen LogP contribution is -2.53. The Hall–Kier alpha value is -1.53. The SMILES string of the molecule is CCN(CC)S(=O)(=O)Nc1ccc(C(O)(C(F)(F)F)C(F)(F)F)cc1. The molecule has 0 unspecified atom stereocenters. The molecule has 0 radical (unpaired) electrons. The standard InChI is InChI=1S/C13H16F6N2O3S/c1-3-21(4-2)25(23,24)20-10-7-5-9(6-8-10)11(22,12(14,15)16)13(17,18)19/h5-8,20,22H,3-4H2,1-2H3. The minimum Gasteiger partial charge on any atom is -0.369 e. The van der Waals surface area contributed by atoms with Crippen LogP contribution >= 0.6 is 0 Å². The summed E-state index contributed by atoms with van der Waals surface area (Å²) in [7, 11) is -4.00. The molecule has 0 atom stereocenters. The van der Waals surface area contributed by atoms with E-state index < -0.39 is 33.7 Å². The smallest absolute Gasteiger partial charge is 0.369 e. The molecular formula is C13H16F6N2O3S. The summed E-state index contributed by atoms with van der Waals surface area (Å²) in [4.78, 5) is 0. The molecule has 1 aromatic carbocycles. The second-order valence-corrected chi connectivity index (χ2v) is 6.65. The first-order chi connectivity index (χ1) is 11.2. The van der Waals surface area contributed by atoms with Gasteiger partial charge in [-0.15, -0.1) is 0 Å². The van der Waals surface area contributed by atoms with Gasteiger partial charge >= 0.3 is 22.6 Å². The van der Waals surface area contributed by atoms with E-state index in [0.717, 1.165) is 4.31 Å². The van der Waals surface area contributed by atoms with Gasteiger partial charge in [-0.3, -0.25) is 4.72 Å². The van der Waals surface area contributed by atoms with E-state index in [4.69, 9.17) is 0 Å². The summed E-state index contributed by atoms with van der Waals surface area (Å²) in [6, 6.07) is 2.14. The molecule has 12 heteroatoms. The van der Waals surface area contributed by atoms with E-state index in [0.29, 0.717) is 24.3 Å². The number of alkyl halides is 6. The maximum atomic E-state index is 12.8. The molecule has 0 aliphatic rings. The molecule has 0 bridgehead atoms. The van der Waals surface area contributed by atoms with Crippen molar-refractivity contribution in [2.75, 3.05) is 17.8 Å². The van der Waals surface area contributed by atoms with Crippen LogP contribution in [0.4, 0.5) is 32.0 Å². The topological polar surface area (TPSA) is 69.6 Å². The van der Waals surface area contributed by atoms with Crippen molar-refractivity contribution in [3.8, 4) is 0 Å². The fraction of sp³-hybridized carbons (Fsp3) is 0.538. The summed E-state index contributed by atoms with van der Waals surface area (Å²) in [5.74, 6) is 0. The fourth-order valence-corrected chi connectivity index (χ4v) is 3.29. The van der Waals surface area contributed by atoms with Crippen LogP contribution in [-0.4, -0.2) is 43.3 Å². The lowest BCUT2D eigenvalue weighted by Gasteiger charge is -2.32. The molecule has 0 heterocycles. The summed E-state index contributed by atoms with van der Waals surface area (Å²) in [6.07, 6.45) is -12.0. The van der Waals surface area contributed by atoms with Crippen LogP contribution in [-0.2, 0) is 15.8 Å². The van der Waals surface area contributed by atoms with Gasteiger partial charge in [-0.2, -0.15) is 39.1 Å². The highest BCUT2D eigenvalue weighted by Crippen LogP contribution is 2.50. The molecule has 0 amide bonds. The Morgan fingerprint density at radius 2 is 1.36 bits per heavy atom. The van der Waals surface area contributed by atoms with Crippen molar-refractivity contribution in [1.29, 1.82) is 0 Å². The van der Waals surface area contributed by atoms with Crippen molar-refractivity contribution in [2.45, 2.75) is 31.8 Å². The molecule has 5 nitrogen and oxygen atoms in total. The third-order valence-electron chi connectivity index (χ3n) is 3.42. The Bertz CT molecular complexity index is 667. The number of aliphatic hydroxyl groups is 1. The lowest BCUT2D eigenvalue weighted by atomic mass is 9.92. The zero-order valence-electron chi connectivity index (χ0n) is 13.1. The average Bonchev–Trinajstić information content (AvgIpc) is 2.45. The highest BCUT2D eigenvalue weighted by Gasteiger charge is 2.71. The Balaban J connectivity index is 3.22. The van der Waals surface area contributed by atoms with Gasteiger partial charge in [0.2, 0.25) is 0 Å².